The van der Waals surface area contributed by atoms with E-state index in [-0.39, 0.29) is 0 Å². The average molecular weight is 234 g/mol. The molecule has 0 aliphatic rings. The van der Waals surface area contributed by atoms with Gasteiger partial charge in [0.2, 0.25) is 0 Å². The Hall–Kier alpha value is -0.970. The fraction of sp³-hybridized carbons (Fsp3) is 0.286. The van der Waals surface area contributed by atoms with Crippen molar-refractivity contribution in [1.29, 1.82) is 0 Å². The Balaban J connectivity index is 3.07. The standard InChI is InChI=1S/C7H8BrNO3/c1-11-6-4(8)3-9-5(6)7(10)12-2/h3,9H,1-2H3. The van der Waals surface area contributed by atoms with E-state index in [1.807, 2.05) is 0 Å². The summed E-state index contributed by atoms with van der Waals surface area (Å²) in [5, 5.41) is 0. The number of carbonyl (C=O) groups is 1. The molecule has 0 amide bonds. The molecule has 66 valence electrons. The second-order valence-electron chi connectivity index (χ2n) is 2.04. The van der Waals surface area contributed by atoms with Gasteiger partial charge in [-0.15, -0.1) is 0 Å². The number of esters is 1. The largest absolute Gasteiger partial charge is 0.493 e. The van der Waals surface area contributed by atoms with Gasteiger partial charge in [-0.05, 0) is 15.9 Å². The predicted octanol–water partition coefficient (Wildman–Crippen LogP) is 1.57. The molecular formula is C7H8BrNO3. The smallest absolute Gasteiger partial charge is 0.358 e. The first-order valence-electron chi connectivity index (χ1n) is 3.20. The predicted molar refractivity (Wildman–Crippen MR) is 46.4 cm³/mol. The normalized spacial score (nSPS) is 9.58. The molecule has 0 saturated carbocycles. The number of methoxy groups -OCH3 is 2. The number of halogens is 1. The zero-order valence-corrected chi connectivity index (χ0v) is 8.27. The SMILES string of the molecule is COC(=O)c1[nH]cc(Br)c1OC. The Morgan fingerprint density at radius 1 is 1.58 bits per heavy atom. The summed E-state index contributed by atoms with van der Waals surface area (Å²) >= 11 is 3.21. The van der Waals surface area contributed by atoms with Gasteiger partial charge in [0.25, 0.3) is 0 Å². The number of aromatic amines is 1. The van der Waals surface area contributed by atoms with Crippen molar-refractivity contribution in [3.63, 3.8) is 0 Å². The minimum atomic E-state index is -0.447. The highest BCUT2D eigenvalue weighted by atomic mass is 79.9. The molecule has 0 saturated heterocycles. The molecule has 0 atom stereocenters. The van der Waals surface area contributed by atoms with Crippen molar-refractivity contribution in [2.75, 3.05) is 14.2 Å². The minimum absolute atomic E-state index is 0.312. The van der Waals surface area contributed by atoms with Crippen LogP contribution in [0.4, 0.5) is 0 Å². The molecule has 0 aromatic carbocycles. The molecule has 0 bridgehead atoms. The van der Waals surface area contributed by atoms with Gasteiger partial charge in [0.1, 0.15) is 0 Å². The summed E-state index contributed by atoms with van der Waals surface area (Å²) in [6.07, 6.45) is 1.62. The second kappa shape index (κ2) is 3.62. The van der Waals surface area contributed by atoms with Gasteiger partial charge in [0.05, 0.1) is 18.7 Å². The van der Waals surface area contributed by atoms with Crippen molar-refractivity contribution in [2.45, 2.75) is 0 Å². The fourth-order valence-electron chi connectivity index (χ4n) is 0.839. The summed E-state index contributed by atoms with van der Waals surface area (Å²) in [6, 6.07) is 0. The zero-order valence-electron chi connectivity index (χ0n) is 6.68. The molecule has 1 aromatic rings. The van der Waals surface area contributed by atoms with Crippen LogP contribution in [0.2, 0.25) is 0 Å². The summed E-state index contributed by atoms with van der Waals surface area (Å²) in [4.78, 5) is 13.8. The molecule has 1 rings (SSSR count). The van der Waals surface area contributed by atoms with Crippen molar-refractivity contribution in [2.24, 2.45) is 0 Å². The molecule has 12 heavy (non-hydrogen) atoms. The Kier molecular flexibility index (Phi) is 2.75. The first-order chi connectivity index (χ1) is 5.70. The average Bonchev–Trinajstić information content (AvgIpc) is 2.45. The molecule has 4 nitrogen and oxygen atoms in total. The number of H-pyrrole nitrogens is 1. The molecule has 0 radical (unpaired) electrons. The van der Waals surface area contributed by atoms with E-state index in [1.165, 1.54) is 14.2 Å². The maximum atomic E-state index is 11.1. The Bertz CT molecular complexity index is 295. The molecule has 5 heteroatoms. The lowest BCUT2D eigenvalue weighted by Gasteiger charge is -2.00. The maximum Gasteiger partial charge on any atom is 0.358 e. The Morgan fingerprint density at radius 3 is 2.75 bits per heavy atom. The van der Waals surface area contributed by atoms with Crippen LogP contribution in [0.15, 0.2) is 10.7 Å². The second-order valence-corrected chi connectivity index (χ2v) is 2.89. The quantitative estimate of drug-likeness (QED) is 0.790. The number of hydrogen-bond acceptors (Lipinski definition) is 3. The number of aromatic nitrogens is 1. The van der Waals surface area contributed by atoms with Crippen molar-refractivity contribution in [3.05, 3.63) is 16.4 Å². The van der Waals surface area contributed by atoms with E-state index in [2.05, 4.69) is 25.7 Å². The van der Waals surface area contributed by atoms with E-state index in [9.17, 15) is 4.79 Å². The van der Waals surface area contributed by atoms with Gasteiger partial charge in [0, 0.05) is 6.20 Å². The van der Waals surface area contributed by atoms with Crippen LogP contribution >= 0.6 is 15.9 Å². The highest BCUT2D eigenvalue weighted by Gasteiger charge is 2.16. The monoisotopic (exact) mass is 233 g/mol. The summed E-state index contributed by atoms with van der Waals surface area (Å²) < 4.78 is 10.2. The van der Waals surface area contributed by atoms with E-state index in [0.29, 0.717) is 15.9 Å². The lowest BCUT2D eigenvalue weighted by atomic mass is 10.4. The molecule has 1 N–H and O–H groups in total. The molecular weight excluding hydrogens is 226 g/mol. The van der Waals surface area contributed by atoms with Crippen LogP contribution in [0.5, 0.6) is 5.75 Å². The van der Waals surface area contributed by atoms with Crippen molar-refractivity contribution in [1.82, 2.24) is 4.98 Å². The van der Waals surface area contributed by atoms with Gasteiger partial charge in [0.15, 0.2) is 11.4 Å². The minimum Gasteiger partial charge on any atom is -0.493 e. The van der Waals surface area contributed by atoms with Crippen LogP contribution in [-0.2, 0) is 4.74 Å². The summed E-state index contributed by atoms with van der Waals surface area (Å²) in [6.45, 7) is 0. The third-order valence-corrected chi connectivity index (χ3v) is 1.97. The summed E-state index contributed by atoms with van der Waals surface area (Å²) in [5.74, 6) is 0.0133. The number of hydrogen-bond donors (Lipinski definition) is 1. The van der Waals surface area contributed by atoms with Crippen LogP contribution in [0.25, 0.3) is 0 Å². The highest BCUT2D eigenvalue weighted by molar-refractivity contribution is 9.10. The number of carbonyl (C=O) groups excluding carboxylic acids is 1. The van der Waals surface area contributed by atoms with Crippen LogP contribution in [0.1, 0.15) is 10.5 Å². The molecule has 0 aliphatic heterocycles. The lowest BCUT2D eigenvalue weighted by molar-refractivity contribution is 0.0591. The third-order valence-electron chi connectivity index (χ3n) is 1.38. The zero-order chi connectivity index (χ0) is 9.14. The Morgan fingerprint density at radius 2 is 2.25 bits per heavy atom. The van der Waals surface area contributed by atoms with Gasteiger partial charge < -0.3 is 14.5 Å². The van der Waals surface area contributed by atoms with Gasteiger partial charge in [-0.25, -0.2) is 4.79 Å². The van der Waals surface area contributed by atoms with E-state index in [1.54, 1.807) is 6.20 Å². The van der Waals surface area contributed by atoms with Crippen molar-refractivity contribution in [3.8, 4) is 5.75 Å². The first-order valence-corrected chi connectivity index (χ1v) is 3.99. The molecule has 1 aromatic heterocycles. The van der Waals surface area contributed by atoms with Crippen LogP contribution in [0, 0.1) is 0 Å². The number of nitrogens with one attached hydrogen (secondary N) is 1. The number of rotatable bonds is 2. The van der Waals surface area contributed by atoms with Crippen molar-refractivity contribution >= 4 is 21.9 Å². The van der Waals surface area contributed by atoms with Gasteiger partial charge in [-0.3, -0.25) is 0 Å². The van der Waals surface area contributed by atoms with Crippen molar-refractivity contribution < 1.29 is 14.3 Å². The van der Waals surface area contributed by atoms with Crippen LogP contribution in [-0.4, -0.2) is 25.2 Å². The molecule has 0 aliphatic carbocycles. The highest BCUT2D eigenvalue weighted by Crippen LogP contribution is 2.28. The van der Waals surface area contributed by atoms with Gasteiger partial charge >= 0.3 is 5.97 Å². The number of ether oxygens (including phenoxy) is 2. The van der Waals surface area contributed by atoms with Crippen LogP contribution in [0.3, 0.4) is 0 Å². The topological polar surface area (TPSA) is 51.3 Å². The molecule has 0 fully saturated rings. The molecule has 1 heterocycles. The van der Waals surface area contributed by atoms with E-state index >= 15 is 0 Å². The van der Waals surface area contributed by atoms with Gasteiger partial charge in [-0.1, -0.05) is 0 Å². The summed E-state index contributed by atoms with van der Waals surface area (Å²) in [5.41, 5.74) is 0.312. The van der Waals surface area contributed by atoms with Gasteiger partial charge in [-0.2, -0.15) is 0 Å². The molecule has 0 unspecified atom stereocenters. The maximum absolute atomic E-state index is 11.1. The Labute approximate surface area is 78.0 Å². The summed E-state index contributed by atoms with van der Waals surface area (Å²) in [7, 11) is 2.80. The van der Waals surface area contributed by atoms with E-state index in [4.69, 9.17) is 4.74 Å². The molecule has 0 spiro atoms. The first kappa shape index (κ1) is 9.12. The van der Waals surface area contributed by atoms with E-state index < -0.39 is 5.97 Å². The third kappa shape index (κ3) is 1.45. The lowest BCUT2D eigenvalue weighted by Crippen LogP contribution is -2.03. The van der Waals surface area contributed by atoms with Crippen LogP contribution < -0.4 is 4.74 Å². The fourth-order valence-corrected chi connectivity index (χ4v) is 1.31. The van der Waals surface area contributed by atoms with E-state index in [0.717, 1.165) is 0 Å².